The van der Waals surface area contributed by atoms with Gasteiger partial charge in [-0.1, -0.05) is 26.7 Å². The molecule has 0 heterocycles. The Labute approximate surface area is 129 Å². The summed E-state index contributed by atoms with van der Waals surface area (Å²) in [6, 6.07) is 0. The van der Waals surface area contributed by atoms with E-state index < -0.39 is 0 Å². The van der Waals surface area contributed by atoms with Crippen LogP contribution in [0.5, 0.6) is 0 Å². The van der Waals surface area contributed by atoms with E-state index >= 15 is 0 Å². The monoisotopic (exact) mass is 467 g/mol. The Bertz CT molecular complexity index is 195. The van der Waals surface area contributed by atoms with Crippen LogP contribution in [0.4, 0.5) is 0 Å². The summed E-state index contributed by atoms with van der Waals surface area (Å²) in [7, 11) is 0. The minimum atomic E-state index is 0. The van der Waals surface area contributed by atoms with Crippen molar-refractivity contribution in [2.45, 2.75) is 27.7 Å². The molecule has 1 rings (SSSR count). The molecule has 1 unspecified atom stereocenters. The van der Waals surface area contributed by atoms with E-state index in [0.717, 1.165) is 0 Å². The van der Waals surface area contributed by atoms with Crippen molar-refractivity contribution in [3.63, 3.8) is 0 Å². The van der Waals surface area contributed by atoms with Crippen molar-refractivity contribution in [1.29, 1.82) is 0 Å². The molecule has 70 valence electrons. The fourth-order valence-electron chi connectivity index (χ4n) is 1.16. The summed E-state index contributed by atoms with van der Waals surface area (Å²) in [6.45, 7) is 8.67. The first kappa shape index (κ1) is 19.4. The third-order valence-electron chi connectivity index (χ3n) is 2.24. The largest absolute Gasteiger partial charge is 0.266 e. The molecule has 0 aromatic carbocycles. The summed E-state index contributed by atoms with van der Waals surface area (Å²) in [6.07, 6.45) is 3.36. The van der Waals surface area contributed by atoms with Gasteiger partial charge in [0, 0.05) is 26.2 Å². The summed E-state index contributed by atoms with van der Waals surface area (Å²) < 4.78 is 0. The first-order valence-corrected chi connectivity index (χ1v) is 3.40. The topological polar surface area (TPSA) is 0 Å². The summed E-state index contributed by atoms with van der Waals surface area (Å²) >= 11 is 0. The van der Waals surface area contributed by atoms with Crippen molar-refractivity contribution in [3.8, 4) is 0 Å². The van der Waals surface area contributed by atoms with Gasteiger partial charge in [0.2, 0.25) is 0 Å². The Morgan fingerprint density at radius 2 is 1.50 bits per heavy atom. The van der Waals surface area contributed by atoms with Gasteiger partial charge in [0.05, 0.1) is 0 Å². The zero-order valence-corrected chi connectivity index (χ0v) is 15.0. The fourth-order valence-corrected chi connectivity index (χ4v) is 1.16. The first-order valence-electron chi connectivity index (χ1n) is 3.40. The van der Waals surface area contributed by atoms with Crippen LogP contribution in [-0.4, -0.2) is 0 Å². The molecule has 0 bridgehead atoms. The second-order valence-corrected chi connectivity index (χ2v) is 2.80. The molecule has 0 spiro atoms. The molecule has 0 aromatic heterocycles. The predicted molar refractivity (Wildman–Crippen MR) is 70.8 cm³/mol. The molecule has 1 aliphatic rings. The first-order chi connectivity index (χ1) is 4.13. The second kappa shape index (κ2) is 8.16. The maximum absolute atomic E-state index is 3.36. The SMILES string of the molecule is CC1=[C-]C(C)C(C)=C1C.I.I.[Zr]. The van der Waals surface area contributed by atoms with Crippen LogP contribution in [0.2, 0.25) is 0 Å². The van der Waals surface area contributed by atoms with Crippen molar-refractivity contribution in [2.75, 3.05) is 0 Å². The van der Waals surface area contributed by atoms with Gasteiger partial charge in [-0.3, -0.25) is 6.08 Å². The molecule has 0 nitrogen and oxygen atoms in total. The van der Waals surface area contributed by atoms with Crippen LogP contribution in [-0.2, 0) is 26.2 Å². The molecule has 0 aromatic rings. The summed E-state index contributed by atoms with van der Waals surface area (Å²) in [4.78, 5) is 0. The van der Waals surface area contributed by atoms with Gasteiger partial charge < -0.3 is 0 Å². The second-order valence-electron chi connectivity index (χ2n) is 2.80. The number of halogens is 2. The number of hydrogen-bond acceptors (Lipinski definition) is 0. The Kier molecular flexibility index (Phi) is 13.2. The number of hydrogen-bond donors (Lipinski definition) is 0. The van der Waals surface area contributed by atoms with E-state index in [1.54, 1.807) is 0 Å². The molecular formula is C9H15I2Zr-. The predicted octanol–water partition coefficient (Wildman–Crippen LogP) is 3.96. The van der Waals surface area contributed by atoms with E-state index in [-0.39, 0.29) is 74.2 Å². The molecule has 0 saturated carbocycles. The Morgan fingerprint density at radius 1 is 1.08 bits per heavy atom. The van der Waals surface area contributed by atoms with Crippen LogP contribution in [0.25, 0.3) is 0 Å². The summed E-state index contributed by atoms with van der Waals surface area (Å²) in [5.41, 5.74) is 4.25. The van der Waals surface area contributed by atoms with Crippen LogP contribution >= 0.6 is 48.0 Å². The van der Waals surface area contributed by atoms with E-state index in [4.69, 9.17) is 0 Å². The summed E-state index contributed by atoms with van der Waals surface area (Å²) in [5, 5.41) is 0. The van der Waals surface area contributed by atoms with Crippen molar-refractivity contribution in [1.82, 2.24) is 0 Å². The van der Waals surface area contributed by atoms with Crippen LogP contribution in [0.15, 0.2) is 16.7 Å². The Hall–Kier alpha value is 1.82. The van der Waals surface area contributed by atoms with Gasteiger partial charge in [-0.25, -0.2) is 5.57 Å². The molecule has 0 aliphatic heterocycles. The Morgan fingerprint density at radius 3 is 1.58 bits per heavy atom. The maximum Gasteiger partial charge on any atom is 0 e. The average Bonchev–Trinajstić information content (AvgIpc) is 1.98. The smallest absolute Gasteiger partial charge is 0 e. The molecule has 0 radical (unpaired) electrons. The zero-order valence-electron chi connectivity index (χ0n) is 7.89. The minimum Gasteiger partial charge on any atom is -0.266 e. The normalized spacial score (nSPS) is 20.3. The van der Waals surface area contributed by atoms with E-state index in [1.807, 2.05) is 0 Å². The van der Waals surface area contributed by atoms with E-state index in [1.165, 1.54) is 16.7 Å². The van der Waals surface area contributed by atoms with Crippen molar-refractivity contribution < 1.29 is 26.2 Å². The van der Waals surface area contributed by atoms with Crippen molar-refractivity contribution >= 4 is 48.0 Å². The van der Waals surface area contributed by atoms with E-state index in [9.17, 15) is 0 Å². The third-order valence-corrected chi connectivity index (χ3v) is 2.24. The van der Waals surface area contributed by atoms with Crippen LogP contribution in [0.1, 0.15) is 27.7 Å². The van der Waals surface area contributed by atoms with Crippen LogP contribution in [0.3, 0.4) is 0 Å². The van der Waals surface area contributed by atoms with Gasteiger partial charge in [0.25, 0.3) is 0 Å². The molecule has 0 N–H and O–H groups in total. The molecule has 0 amide bonds. The Balaban J connectivity index is -0.000000270. The zero-order chi connectivity index (χ0) is 7.02. The van der Waals surface area contributed by atoms with Gasteiger partial charge >= 0.3 is 0 Å². The van der Waals surface area contributed by atoms with Gasteiger partial charge in [-0.05, 0) is 0 Å². The third kappa shape index (κ3) is 4.36. The van der Waals surface area contributed by atoms with E-state index in [2.05, 4.69) is 33.8 Å². The number of allylic oxidation sites excluding steroid dienone is 4. The molecule has 1 aliphatic carbocycles. The molecule has 1 atom stereocenters. The molecule has 0 saturated heterocycles. The van der Waals surface area contributed by atoms with Crippen molar-refractivity contribution in [3.05, 3.63) is 22.8 Å². The van der Waals surface area contributed by atoms with E-state index in [0.29, 0.717) is 5.92 Å². The molecular weight excluding hydrogens is 453 g/mol. The maximum atomic E-state index is 3.36. The van der Waals surface area contributed by atoms with Crippen LogP contribution < -0.4 is 0 Å². The molecule has 3 heteroatoms. The van der Waals surface area contributed by atoms with Gasteiger partial charge in [0.15, 0.2) is 0 Å². The standard InChI is InChI=1S/C9H13.2HI.Zr/c1-6-5-7(2)9(4)8(6)3;;;/h6H,1-4H3;2*1H;/q-1;;;. The van der Waals surface area contributed by atoms with Gasteiger partial charge in [0.1, 0.15) is 0 Å². The van der Waals surface area contributed by atoms with Gasteiger partial charge in [-0.2, -0.15) is 11.1 Å². The summed E-state index contributed by atoms with van der Waals surface area (Å²) in [5.74, 6) is 0.560. The fraction of sp³-hybridized carbons (Fsp3) is 0.556. The quantitative estimate of drug-likeness (QED) is 0.373. The molecule has 0 fully saturated rings. The number of rotatable bonds is 0. The van der Waals surface area contributed by atoms with Crippen molar-refractivity contribution in [2.24, 2.45) is 5.92 Å². The van der Waals surface area contributed by atoms with Gasteiger partial charge in [-0.15, -0.1) is 54.9 Å². The minimum absolute atomic E-state index is 0. The van der Waals surface area contributed by atoms with Crippen LogP contribution in [0, 0.1) is 12.0 Å². The molecule has 12 heavy (non-hydrogen) atoms. The average molecular weight is 468 g/mol.